The van der Waals surface area contributed by atoms with Gasteiger partial charge in [0.25, 0.3) is 0 Å². The molecule has 0 radical (unpaired) electrons. The zero-order valence-electron chi connectivity index (χ0n) is 14.1. The highest BCUT2D eigenvalue weighted by molar-refractivity contribution is 7.10. The normalized spacial score (nSPS) is 16.7. The molecule has 0 saturated carbocycles. The van der Waals surface area contributed by atoms with Gasteiger partial charge in [0.05, 0.1) is 11.7 Å². The molecule has 4 nitrogen and oxygen atoms in total. The number of rotatable bonds is 3. The predicted octanol–water partition coefficient (Wildman–Crippen LogP) is 5.32. The number of nitrogens with zero attached hydrogens (tertiary/aromatic N) is 2. The van der Waals surface area contributed by atoms with E-state index >= 15 is 0 Å². The standard InChI is InChI=1S/C20H18FN3OS/c21-15-7-4-6-14(12-15)17-13-26-19(23-17)18-10-5-11-24(18)20(25)22-16-8-2-1-3-9-16/h1-4,6-9,12-13,18H,5,10-11H2,(H,22,25)/t18-/m0/s1. The lowest BCUT2D eigenvalue weighted by molar-refractivity contribution is 0.207. The lowest BCUT2D eigenvalue weighted by Gasteiger charge is -2.23. The first kappa shape index (κ1) is 16.7. The lowest BCUT2D eigenvalue weighted by Crippen LogP contribution is -2.34. The number of carbonyl (C=O) groups excluding carboxylic acids is 1. The van der Waals surface area contributed by atoms with Crippen LogP contribution < -0.4 is 5.32 Å². The van der Waals surface area contributed by atoms with Crippen molar-refractivity contribution in [1.29, 1.82) is 0 Å². The van der Waals surface area contributed by atoms with Crippen LogP contribution in [-0.4, -0.2) is 22.5 Å². The van der Waals surface area contributed by atoms with Crippen molar-refractivity contribution >= 4 is 23.1 Å². The van der Waals surface area contributed by atoms with E-state index in [1.165, 1.54) is 23.5 Å². The van der Waals surface area contributed by atoms with E-state index in [1.807, 2.05) is 46.7 Å². The molecule has 132 valence electrons. The highest BCUT2D eigenvalue weighted by Gasteiger charge is 2.32. The number of halogens is 1. The number of hydrogen-bond donors (Lipinski definition) is 1. The maximum Gasteiger partial charge on any atom is 0.322 e. The molecule has 1 saturated heterocycles. The van der Waals surface area contributed by atoms with E-state index in [-0.39, 0.29) is 17.9 Å². The van der Waals surface area contributed by atoms with Crippen LogP contribution in [0.1, 0.15) is 23.9 Å². The summed E-state index contributed by atoms with van der Waals surface area (Å²) in [6.45, 7) is 0.707. The predicted molar refractivity (Wildman–Crippen MR) is 102 cm³/mol. The van der Waals surface area contributed by atoms with Crippen molar-refractivity contribution in [2.24, 2.45) is 0 Å². The van der Waals surface area contributed by atoms with E-state index in [2.05, 4.69) is 10.3 Å². The molecule has 2 heterocycles. The summed E-state index contributed by atoms with van der Waals surface area (Å²) < 4.78 is 13.4. The topological polar surface area (TPSA) is 45.2 Å². The zero-order valence-corrected chi connectivity index (χ0v) is 14.9. The molecule has 0 aliphatic carbocycles. The average molecular weight is 367 g/mol. The number of aromatic nitrogens is 1. The van der Waals surface area contributed by atoms with Gasteiger partial charge in [0.1, 0.15) is 10.8 Å². The van der Waals surface area contributed by atoms with Crippen LogP contribution in [0, 0.1) is 5.82 Å². The Morgan fingerprint density at radius 2 is 2.04 bits per heavy atom. The molecule has 1 aliphatic rings. The number of anilines is 1. The molecular weight excluding hydrogens is 349 g/mol. The van der Waals surface area contributed by atoms with Crippen LogP contribution in [0.25, 0.3) is 11.3 Å². The van der Waals surface area contributed by atoms with Crippen LogP contribution in [0.5, 0.6) is 0 Å². The number of thiazole rings is 1. The molecule has 0 bridgehead atoms. The number of likely N-dealkylation sites (tertiary alicyclic amines) is 1. The lowest BCUT2D eigenvalue weighted by atomic mass is 10.1. The van der Waals surface area contributed by atoms with Gasteiger partial charge in [-0.2, -0.15) is 0 Å². The van der Waals surface area contributed by atoms with Crippen molar-refractivity contribution in [1.82, 2.24) is 9.88 Å². The molecule has 1 aromatic heterocycles. The maximum absolute atomic E-state index is 13.4. The molecule has 4 rings (SSSR count). The monoisotopic (exact) mass is 367 g/mol. The van der Waals surface area contributed by atoms with Crippen LogP contribution in [0.4, 0.5) is 14.9 Å². The van der Waals surface area contributed by atoms with E-state index < -0.39 is 0 Å². The van der Waals surface area contributed by atoms with E-state index in [1.54, 1.807) is 6.07 Å². The van der Waals surface area contributed by atoms with Crippen molar-refractivity contribution in [2.75, 3.05) is 11.9 Å². The summed E-state index contributed by atoms with van der Waals surface area (Å²) in [7, 11) is 0. The summed E-state index contributed by atoms with van der Waals surface area (Å²) in [6.07, 6.45) is 1.83. The first-order valence-corrected chi connectivity index (χ1v) is 9.43. The molecule has 1 N–H and O–H groups in total. The quantitative estimate of drug-likeness (QED) is 0.681. The van der Waals surface area contributed by atoms with E-state index in [9.17, 15) is 9.18 Å². The Balaban J connectivity index is 1.52. The molecule has 26 heavy (non-hydrogen) atoms. The molecule has 0 spiro atoms. The van der Waals surface area contributed by atoms with Crippen LogP contribution in [0.2, 0.25) is 0 Å². The average Bonchev–Trinajstić information content (AvgIpc) is 3.32. The van der Waals surface area contributed by atoms with Gasteiger partial charge in [0.2, 0.25) is 0 Å². The maximum atomic E-state index is 13.4. The number of para-hydroxylation sites is 1. The third kappa shape index (κ3) is 3.46. The molecule has 2 amide bonds. The second kappa shape index (κ2) is 7.25. The number of nitrogens with one attached hydrogen (secondary N) is 1. The Kier molecular flexibility index (Phi) is 4.67. The number of carbonyl (C=O) groups is 1. The summed E-state index contributed by atoms with van der Waals surface area (Å²) in [5.41, 5.74) is 2.29. The minimum Gasteiger partial charge on any atom is -0.315 e. The second-order valence-corrected chi connectivity index (χ2v) is 7.12. The van der Waals surface area contributed by atoms with Gasteiger partial charge in [-0.05, 0) is 37.1 Å². The molecule has 6 heteroatoms. The van der Waals surface area contributed by atoms with Gasteiger partial charge in [-0.1, -0.05) is 30.3 Å². The Morgan fingerprint density at radius 3 is 2.85 bits per heavy atom. The van der Waals surface area contributed by atoms with Crippen LogP contribution in [0.3, 0.4) is 0 Å². The number of hydrogen-bond acceptors (Lipinski definition) is 3. The number of urea groups is 1. The minimum absolute atomic E-state index is 0.0361. The van der Waals surface area contributed by atoms with Gasteiger partial charge in [-0.15, -0.1) is 11.3 Å². The van der Waals surface area contributed by atoms with Gasteiger partial charge >= 0.3 is 6.03 Å². The third-order valence-corrected chi connectivity index (χ3v) is 5.41. The molecule has 1 atom stereocenters. The zero-order chi connectivity index (χ0) is 17.9. The number of benzene rings is 2. The van der Waals surface area contributed by atoms with Crippen molar-refractivity contribution in [3.8, 4) is 11.3 Å². The van der Waals surface area contributed by atoms with Gasteiger partial charge in [0, 0.05) is 23.2 Å². The first-order chi connectivity index (χ1) is 12.7. The molecular formula is C20H18FN3OS. The van der Waals surface area contributed by atoms with Gasteiger partial charge in [-0.25, -0.2) is 14.2 Å². The highest BCUT2D eigenvalue weighted by atomic mass is 32.1. The fraction of sp³-hybridized carbons (Fsp3) is 0.200. The first-order valence-electron chi connectivity index (χ1n) is 8.55. The Bertz CT molecular complexity index is 912. The highest BCUT2D eigenvalue weighted by Crippen LogP contribution is 2.36. The van der Waals surface area contributed by atoms with Gasteiger partial charge in [0.15, 0.2) is 0 Å². The van der Waals surface area contributed by atoms with Gasteiger partial charge in [-0.3, -0.25) is 0 Å². The third-order valence-electron chi connectivity index (χ3n) is 4.47. The molecule has 3 aromatic rings. The van der Waals surface area contributed by atoms with Gasteiger partial charge < -0.3 is 10.2 Å². The summed E-state index contributed by atoms with van der Waals surface area (Å²) in [5.74, 6) is -0.276. The van der Waals surface area contributed by atoms with E-state index in [4.69, 9.17) is 0 Å². The Morgan fingerprint density at radius 1 is 1.19 bits per heavy atom. The summed E-state index contributed by atoms with van der Waals surface area (Å²) in [6, 6.07) is 15.7. The van der Waals surface area contributed by atoms with Crippen LogP contribution >= 0.6 is 11.3 Å². The smallest absolute Gasteiger partial charge is 0.315 e. The van der Waals surface area contributed by atoms with Crippen molar-refractivity contribution in [3.05, 3.63) is 70.8 Å². The SMILES string of the molecule is O=C(Nc1ccccc1)N1CCC[C@H]1c1nc(-c2cccc(F)c2)cs1. The van der Waals surface area contributed by atoms with Crippen molar-refractivity contribution < 1.29 is 9.18 Å². The molecule has 1 aliphatic heterocycles. The van der Waals surface area contributed by atoms with E-state index in [0.717, 1.165) is 34.8 Å². The largest absolute Gasteiger partial charge is 0.322 e. The van der Waals surface area contributed by atoms with Crippen molar-refractivity contribution in [3.63, 3.8) is 0 Å². The minimum atomic E-state index is -0.276. The Hall–Kier alpha value is -2.73. The fourth-order valence-corrected chi connectivity index (χ4v) is 4.18. The molecule has 2 aromatic carbocycles. The molecule has 0 unspecified atom stereocenters. The summed E-state index contributed by atoms with van der Waals surface area (Å²) >= 11 is 1.52. The van der Waals surface area contributed by atoms with Crippen LogP contribution in [0.15, 0.2) is 60.0 Å². The molecule has 1 fully saturated rings. The summed E-state index contributed by atoms with van der Waals surface area (Å²) in [5, 5.41) is 5.76. The second-order valence-electron chi connectivity index (χ2n) is 6.23. The number of amides is 2. The Labute approximate surface area is 155 Å². The fourth-order valence-electron chi connectivity index (χ4n) is 3.20. The summed E-state index contributed by atoms with van der Waals surface area (Å²) in [4.78, 5) is 19.2. The van der Waals surface area contributed by atoms with Crippen molar-refractivity contribution in [2.45, 2.75) is 18.9 Å². The van der Waals surface area contributed by atoms with Crippen LogP contribution in [-0.2, 0) is 0 Å². The van der Waals surface area contributed by atoms with E-state index in [0.29, 0.717) is 6.54 Å².